The van der Waals surface area contributed by atoms with Gasteiger partial charge >= 0.3 is 0 Å². The Morgan fingerprint density at radius 2 is 1.94 bits per heavy atom. The molecule has 0 aliphatic rings. The summed E-state index contributed by atoms with van der Waals surface area (Å²) in [6.07, 6.45) is 1.95. The molecule has 2 heterocycles. The molecule has 3 aromatic rings. The van der Waals surface area contributed by atoms with E-state index in [4.69, 9.17) is 5.73 Å². The number of nitrogen functional groups attached to an aromatic ring is 1. The van der Waals surface area contributed by atoms with E-state index in [1.165, 1.54) is 11.1 Å². The van der Waals surface area contributed by atoms with E-state index in [1.54, 1.807) is 4.52 Å². The van der Waals surface area contributed by atoms with Crippen LogP contribution in [0.1, 0.15) is 5.56 Å². The van der Waals surface area contributed by atoms with Gasteiger partial charge in [0.2, 0.25) is 5.95 Å². The molecule has 17 heavy (non-hydrogen) atoms. The second-order valence-electron chi connectivity index (χ2n) is 4.01. The van der Waals surface area contributed by atoms with Gasteiger partial charge in [-0.25, -0.2) is 4.52 Å². The van der Waals surface area contributed by atoms with Gasteiger partial charge in [-0.15, -0.1) is 5.10 Å². The van der Waals surface area contributed by atoms with Gasteiger partial charge in [-0.3, -0.25) is 0 Å². The first-order valence-corrected chi connectivity index (χ1v) is 5.42. The number of aromatic nitrogens is 3. The Bertz CT molecular complexity index is 685. The third-order valence-corrected chi connectivity index (χ3v) is 2.80. The molecule has 84 valence electrons. The first-order valence-electron chi connectivity index (χ1n) is 5.42. The van der Waals surface area contributed by atoms with Gasteiger partial charge in [-0.1, -0.05) is 24.3 Å². The lowest BCUT2D eigenvalue weighted by molar-refractivity contribution is 0.969. The van der Waals surface area contributed by atoms with Crippen molar-refractivity contribution in [2.75, 3.05) is 5.73 Å². The highest BCUT2D eigenvalue weighted by Crippen LogP contribution is 2.23. The van der Waals surface area contributed by atoms with Crippen molar-refractivity contribution in [3.8, 4) is 11.1 Å². The highest BCUT2D eigenvalue weighted by Gasteiger charge is 2.04. The average molecular weight is 224 g/mol. The summed E-state index contributed by atoms with van der Waals surface area (Å²) in [5.74, 6) is 0.298. The monoisotopic (exact) mass is 224 g/mol. The summed E-state index contributed by atoms with van der Waals surface area (Å²) in [6, 6.07) is 12.2. The van der Waals surface area contributed by atoms with E-state index in [2.05, 4.69) is 29.1 Å². The predicted molar refractivity (Wildman–Crippen MR) is 67.6 cm³/mol. The molecule has 0 fully saturated rings. The smallest absolute Gasteiger partial charge is 0.240 e. The summed E-state index contributed by atoms with van der Waals surface area (Å²) < 4.78 is 1.71. The largest absolute Gasteiger partial charge is 0.366 e. The van der Waals surface area contributed by atoms with Crippen molar-refractivity contribution >= 4 is 11.6 Å². The zero-order valence-corrected chi connectivity index (χ0v) is 9.46. The number of fused-ring (bicyclic) bond motifs is 1. The molecule has 0 aliphatic heterocycles. The first-order chi connectivity index (χ1) is 8.24. The van der Waals surface area contributed by atoms with Gasteiger partial charge in [-0.05, 0) is 30.2 Å². The number of hydrogen-bond donors (Lipinski definition) is 1. The van der Waals surface area contributed by atoms with Gasteiger partial charge in [0.1, 0.15) is 0 Å². The van der Waals surface area contributed by atoms with E-state index in [1.807, 2.05) is 30.5 Å². The lowest BCUT2D eigenvalue weighted by atomic mass is 10.0. The molecule has 1 aromatic carbocycles. The van der Waals surface area contributed by atoms with Crippen molar-refractivity contribution in [1.82, 2.24) is 14.6 Å². The highest BCUT2D eigenvalue weighted by atomic mass is 15.3. The Hall–Kier alpha value is -2.36. The average Bonchev–Trinajstić information content (AvgIpc) is 2.68. The molecule has 0 aliphatic carbocycles. The van der Waals surface area contributed by atoms with E-state index in [0.29, 0.717) is 5.95 Å². The van der Waals surface area contributed by atoms with E-state index < -0.39 is 0 Å². The van der Waals surface area contributed by atoms with Gasteiger partial charge < -0.3 is 5.73 Å². The molecular formula is C13H12N4. The van der Waals surface area contributed by atoms with Crippen LogP contribution in [0.3, 0.4) is 0 Å². The van der Waals surface area contributed by atoms with E-state index >= 15 is 0 Å². The van der Waals surface area contributed by atoms with Crippen LogP contribution in [0.2, 0.25) is 0 Å². The Morgan fingerprint density at radius 3 is 2.76 bits per heavy atom. The fourth-order valence-corrected chi connectivity index (χ4v) is 1.96. The minimum absolute atomic E-state index is 0.298. The fourth-order valence-electron chi connectivity index (χ4n) is 1.96. The van der Waals surface area contributed by atoms with Crippen molar-refractivity contribution in [2.24, 2.45) is 0 Å². The van der Waals surface area contributed by atoms with Gasteiger partial charge in [0.15, 0.2) is 5.65 Å². The summed E-state index contributed by atoms with van der Waals surface area (Å²) in [5.41, 5.74) is 9.88. The molecule has 0 saturated carbocycles. The lowest BCUT2D eigenvalue weighted by Crippen LogP contribution is -1.91. The SMILES string of the molecule is Cc1ccccc1-c1ccc2nc(N)nn2c1. The molecule has 3 rings (SSSR count). The second-order valence-corrected chi connectivity index (χ2v) is 4.01. The number of nitrogens with two attached hydrogens (primary N) is 1. The molecule has 0 radical (unpaired) electrons. The summed E-state index contributed by atoms with van der Waals surface area (Å²) >= 11 is 0. The maximum absolute atomic E-state index is 5.57. The molecule has 0 unspecified atom stereocenters. The summed E-state index contributed by atoms with van der Waals surface area (Å²) in [4.78, 5) is 4.10. The van der Waals surface area contributed by atoms with Crippen LogP contribution < -0.4 is 5.73 Å². The maximum Gasteiger partial charge on any atom is 0.240 e. The molecule has 0 bridgehead atoms. The number of hydrogen-bond acceptors (Lipinski definition) is 3. The number of rotatable bonds is 1. The van der Waals surface area contributed by atoms with E-state index in [-0.39, 0.29) is 0 Å². The minimum atomic E-state index is 0.298. The molecule has 0 spiro atoms. The number of anilines is 1. The van der Waals surface area contributed by atoms with Crippen molar-refractivity contribution in [2.45, 2.75) is 6.92 Å². The van der Waals surface area contributed by atoms with Crippen LogP contribution in [0.25, 0.3) is 16.8 Å². The van der Waals surface area contributed by atoms with Crippen LogP contribution in [0.15, 0.2) is 42.6 Å². The molecule has 4 heteroatoms. The van der Waals surface area contributed by atoms with E-state index in [0.717, 1.165) is 11.2 Å². The summed E-state index contributed by atoms with van der Waals surface area (Å²) in [5, 5.41) is 4.11. The zero-order valence-electron chi connectivity index (χ0n) is 9.46. The Balaban J connectivity index is 2.21. The third-order valence-electron chi connectivity index (χ3n) is 2.80. The Kier molecular flexibility index (Phi) is 2.08. The number of nitrogens with zero attached hydrogens (tertiary/aromatic N) is 3. The van der Waals surface area contributed by atoms with Gasteiger partial charge in [0, 0.05) is 11.8 Å². The second kappa shape index (κ2) is 3.59. The maximum atomic E-state index is 5.57. The Labute approximate surface area is 98.7 Å². The minimum Gasteiger partial charge on any atom is -0.366 e. The number of benzene rings is 1. The first kappa shape index (κ1) is 9.84. The highest BCUT2D eigenvalue weighted by molar-refractivity contribution is 5.67. The fraction of sp³-hybridized carbons (Fsp3) is 0.0769. The Morgan fingerprint density at radius 1 is 1.12 bits per heavy atom. The van der Waals surface area contributed by atoms with Crippen LogP contribution >= 0.6 is 0 Å². The molecule has 2 aromatic heterocycles. The third kappa shape index (κ3) is 1.63. The van der Waals surface area contributed by atoms with Gasteiger partial charge in [-0.2, -0.15) is 4.98 Å². The topological polar surface area (TPSA) is 56.2 Å². The van der Waals surface area contributed by atoms with Gasteiger partial charge in [0.25, 0.3) is 0 Å². The van der Waals surface area contributed by atoms with Gasteiger partial charge in [0.05, 0.1) is 0 Å². The quantitative estimate of drug-likeness (QED) is 0.690. The summed E-state index contributed by atoms with van der Waals surface area (Å²) in [6.45, 7) is 2.09. The predicted octanol–water partition coefficient (Wildman–Crippen LogP) is 2.29. The standard InChI is InChI=1S/C13H12N4/c1-9-4-2-3-5-11(9)10-6-7-12-15-13(14)16-17(12)8-10/h2-8H,1H3,(H2,14,16). The van der Waals surface area contributed by atoms with Crippen molar-refractivity contribution < 1.29 is 0 Å². The van der Waals surface area contributed by atoms with Crippen molar-refractivity contribution in [1.29, 1.82) is 0 Å². The zero-order chi connectivity index (χ0) is 11.8. The molecule has 0 amide bonds. The molecule has 0 saturated heterocycles. The van der Waals surface area contributed by atoms with Crippen molar-refractivity contribution in [3.63, 3.8) is 0 Å². The van der Waals surface area contributed by atoms with Crippen LogP contribution in [0, 0.1) is 6.92 Å². The van der Waals surface area contributed by atoms with Crippen LogP contribution in [-0.2, 0) is 0 Å². The number of pyridine rings is 1. The van der Waals surface area contributed by atoms with Crippen LogP contribution in [0.4, 0.5) is 5.95 Å². The van der Waals surface area contributed by atoms with E-state index in [9.17, 15) is 0 Å². The van der Waals surface area contributed by atoms with Crippen LogP contribution in [-0.4, -0.2) is 14.6 Å². The van der Waals surface area contributed by atoms with Crippen molar-refractivity contribution in [3.05, 3.63) is 48.2 Å². The van der Waals surface area contributed by atoms with Crippen LogP contribution in [0.5, 0.6) is 0 Å². The molecule has 0 atom stereocenters. The summed E-state index contributed by atoms with van der Waals surface area (Å²) in [7, 11) is 0. The molecule has 2 N–H and O–H groups in total. The molecule has 4 nitrogen and oxygen atoms in total. The number of aryl methyl sites for hydroxylation is 1. The normalized spacial score (nSPS) is 10.9. The molecular weight excluding hydrogens is 212 g/mol. The lowest BCUT2D eigenvalue weighted by Gasteiger charge is -2.05.